The standard InChI is InChI=1S/C18H20ClN3O2/c1-24-16-5-3-2-4-13(16)10-20-18(23)15-11-21-22-17(15)12-6-8-14(19)9-7-12/h2-9,15,17,21-22H,10-11H2,1H3,(H,20,23). The van der Waals surface area contributed by atoms with E-state index in [0.717, 1.165) is 16.9 Å². The van der Waals surface area contributed by atoms with E-state index in [2.05, 4.69) is 16.2 Å². The van der Waals surface area contributed by atoms with E-state index in [1.54, 1.807) is 7.11 Å². The Morgan fingerprint density at radius 3 is 2.75 bits per heavy atom. The molecule has 0 aromatic heterocycles. The zero-order valence-corrected chi connectivity index (χ0v) is 14.1. The van der Waals surface area contributed by atoms with Crippen LogP contribution in [0.2, 0.25) is 5.02 Å². The number of ether oxygens (including phenoxy) is 1. The highest BCUT2D eigenvalue weighted by atomic mass is 35.5. The van der Waals surface area contributed by atoms with Crippen LogP contribution in [0.15, 0.2) is 48.5 Å². The van der Waals surface area contributed by atoms with Crippen LogP contribution in [0.3, 0.4) is 0 Å². The normalized spacial score (nSPS) is 19.9. The van der Waals surface area contributed by atoms with E-state index in [1.807, 2.05) is 48.5 Å². The summed E-state index contributed by atoms with van der Waals surface area (Å²) in [6, 6.07) is 15.1. The summed E-state index contributed by atoms with van der Waals surface area (Å²) in [6.45, 7) is 1.01. The number of benzene rings is 2. The number of para-hydroxylation sites is 1. The van der Waals surface area contributed by atoms with Gasteiger partial charge in [-0.15, -0.1) is 0 Å². The molecule has 0 bridgehead atoms. The van der Waals surface area contributed by atoms with E-state index in [4.69, 9.17) is 16.3 Å². The van der Waals surface area contributed by atoms with Gasteiger partial charge < -0.3 is 10.1 Å². The minimum absolute atomic E-state index is 0.00152. The van der Waals surface area contributed by atoms with Crippen LogP contribution in [0.25, 0.3) is 0 Å². The van der Waals surface area contributed by atoms with Gasteiger partial charge >= 0.3 is 0 Å². The molecule has 2 atom stereocenters. The van der Waals surface area contributed by atoms with Gasteiger partial charge in [-0.1, -0.05) is 41.9 Å². The van der Waals surface area contributed by atoms with Gasteiger partial charge in [-0.2, -0.15) is 0 Å². The van der Waals surface area contributed by atoms with Crippen molar-refractivity contribution >= 4 is 17.5 Å². The number of hydrazine groups is 1. The third kappa shape index (κ3) is 3.70. The molecule has 24 heavy (non-hydrogen) atoms. The van der Waals surface area contributed by atoms with Gasteiger partial charge in [-0.05, 0) is 23.8 Å². The Morgan fingerprint density at radius 2 is 2.00 bits per heavy atom. The average molecular weight is 346 g/mol. The summed E-state index contributed by atoms with van der Waals surface area (Å²) in [5, 5.41) is 3.68. The lowest BCUT2D eigenvalue weighted by molar-refractivity contribution is -0.125. The van der Waals surface area contributed by atoms with E-state index in [9.17, 15) is 4.79 Å². The molecule has 0 aliphatic carbocycles. The van der Waals surface area contributed by atoms with Crippen LogP contribution in [-0.4, -0.2) is 19.6 Å². The summed E-state index contributed by atoms with van der Waals surface area (Å²) in [7, 11) is 1.63. The Morgan fingerprint density at radius 1 is 1.25 bits per heavy atom. The summed E-state index contributed by atoms with van der Waals surface area (Å²) in [4.78, 5) is 12.6. The van der Waals surface area contributed by atoms with Gasteiger partial charge in [-0.3, -0.25) is 10.2 Å². The fourth-order valence-corrected chi connectivity index (χ4v) is 3.02. The lowest BCUT2D eigenvalue weighted by atomic mass is 9.94. The van der Waals surface area contributed by atoms with E-state index in [-0.39, 0.29) is 17.9 Å². The van der Waals surface area contributed by atoms with Crippen LogP contribution in [-0.2, 0) is 11.3 Å². The maximum atomic E-state index is 12.6. The second-order valence-corrected chi connectivity index (χ2v) is 6.13. The van der Waals surface area contributed by atoms with Crippen molar-refractivity contribution in [2.75, 3.05) is 13.7 Å². The quantitative estimate of drug-likeness (QED) is 0.779. The van der Waals surface area contributed by atoms with Crippen LogP contribution in [0.4, 0.5) is 0 Å². The zero-order valence-electron chi connectivity index (χ0n) is 13.4. The Balaban J connectivity index is 1.66. The minimum Gasteiger partial charge on any atom is -0.496 e. The lowest BCUT2D eigenvalue weighted by Crippen LogP contribution is -2.34. The maximum absolute atomic E-state index is 12.6. The first-order valence-electron chi connectivity index (χ1n) is 7.82. The highest BCUT2D eigenvalue weighted by molar-refractivity contribution is 6.30. The van der Waals surface area contributed by atoms with Crippen molar-refractivity contribution in [3.63, 3.8) is 0 Å². The molecule has 2 unspecified atom stereocenters. The topological polar surface area (TPSA) is 62.4 Å². The number of rotatable bonds is 5. The Hall–Kier alpha value is -2.08. The molecule has 3 N–H and O–H groups in total. The number of amides is 1. The SMILES string of the molecule is COc1ccccc1CNC(=O)C1CNNC1c1ccc(Cl)cc1. The third-order valence-electron chi connectivity index (χ3n) is 4.19. The second kappa shape index (κ2) is 7.66. The highest BCUT2D eigenvalue weighted by Gasteiger charge is 2.33. The monoisotopic (exact) mass is 345 g/mol. The molecule has 5 nitrogen and oxygen atoms in total. The summed E-state index contributed by atoms with van der Waals surface area (Å²) >= 11 is 5.94. The van der Waals surface area contributed by atoms with Crippen LogP contribution in [0.5, 0.6) is 5.75 Å². The first kappa shape index (κ1) is 16.8. The summed E-state index contributed by atoms with van der Waals surface area (Å²) in [5.41, 5.74) is 8.22. The minimum atomic E-state index is -0.194. The predicted molar refractivity (Wildman–Crippen MR) is 93.7 cm³/mol. The molecule has 1 fully saturated rings. The molecule has 2 aromatic rings. The zero-order chi connectivity index (χ0) is 16.9. The van der Waals surface area contributed by atoms with Crippen molar-refractivity contribution in [3.8, 4) is 5.75 Å². The van der Waals surface area contributed by atoms with Crippen LogP contribution in [0.1, 0.15) is 17.2 Å². The molecule has 1 aliphatic heterocycles. The molecular formula is C18H20ClN3O2. The van der Waals surface area contributed by atoms with E-state index in [0.29, 0.717) is 18.1 Å². The van der Waals surface area contributed by atoms with Gasteiger partial charge in [0.25, 0.3) is 0 Å². The number of carbonyl (C=O) groups excluding carboxylic acids is 1. The molecule has 0 spiro atoms. The molecule has 1 amide bonds. The molecule has 1 aliphatic rings. The number of carbonyl (C=O) groups is 1. The number of hydrogen-bond acceptors (Lipinski definition) is 4. The van der Waals surface area contributed by atoms with Crippen molar-refractivity contribution < 1.29 is 9.53 Å². The molecular weight excluding hydrogens is 326 g/mol. The maximum Gasteiger partial charge on any atom is 0.226 e. The van der Waals surface area contributed by atoms with E-state index < -0.39 is 0 Å². The number of hydrogen-bond donors (Lipinski definition) is 3. The molecule has 1 saturated heterocycles. The largest absolute Gasteiger partial charge is 0.496 e. The van der Waals surface area contributed by atoms with Gasteiger partial charge in [0.1, 0.15) is 5.75 Å². The Labute approximate surface area is 146 Å². The van der Waals surface area contributed by atoms with E-state index in [1.165, 1.54) is 0 Å². The number of nitrogens with one attached hydrogen (secondary N) is 3. The van der Waals surface area contributed by atoms with Crippen molar-refractivity contribution in [3.05, 3.63) is 64.7 Å². The van der Waals surface area contributed by atoms with Gasteiger partial charge in [0.15, 0.2) is 0 Å². The molecule has 3 rings (SSSR count). The Kier molecular flexibility index (Phi) is 5.35. The van der Waals surface area contributed by atoms with E-state index >= 15 is 0 Å². The van der Waals surface area contributed by atoms with Gasteiger partial charge in [0.05, 0.1) is 19.1 Å². The third-order valence-corrected chi connectivity index (χ3v) is 4.45. The first-order chi connectivity index (χ1) is 11.7. The molecule has 0 radical (unpaired) electrons. The summed E-state index contributed by atoms with van der Waals surface area (Å²) < 4.78 is 5.32. The predicted octanol–water partition coefficient (Wildman–Crippen LogP) is 2.43. The number of methoxy groups -OCH3 is 1. The molecule has 1 heterocycles. The Bertz CT molecular complexity index is 706. The van der Waals surface area contributed by atoms with Crippen LogP contribution in [0, 0.1) is 5.92 Å². The van der Waals surface area contributed by atoms with Crippen LogP contribution >= 0.6 is 11.6 Å². The second-order valence-electron chi connectivity index (χ2n) is 5.69. The molecule has 126 valence electrons. The summed E-state index contributed by atoms with van der Waals surface area (Å²) in [6.07, 6.45) is 0. The highest BCUT2D eigenvalue weighted by Crippen LogP contribution is 2.26. The fourth-order valence-electron chi connectivity index (χ4n) is 2.89. The molecule has 2 aromatic carbocycles. The van der Waals surface area contributed by atoms with Crippen molar-refractivity contribution in [1.29, 1.82) is 0 Å². The average Bonchev–Trinajstić information content (AvgIpc) is 3.10. The van der Waals surface area contributed by atoms with Crippen molar-refractivity contribution in [2.24, 2.45) is 5.92 Å². The number of halogens is 1. The fraction of sp³-hybridized carbons (Fsp3) is 0.278. The van der Waals surface area contributed by atoms with Gasteiger partial charge in [0, 0.05) is 23.7 Å². The smallest absolute Gasteiger partial charge is 0.226 e. The van der Waals surface area contributed by atoms with Crippen molar-refractivity contribution in [1.82, 2.24) is 16.2 Å². The summed E-state index contributed by atoms with van der Waals surface area (Å²) in [5.74, 6) is 0.578. The van der Waals surface area contributed by atoms with Crippen molar-refractivity contribution in [2.45, 2.75) is 12.6 Å². The van der Waals surface area contributed by atoms with Gasteiger partial charge in [-0.25, -0.2) is 5.43 Å². The lowest BCUT2D eigenvalue weighted by Gasteiger charge is -2.19. The first-order valence-corrected chi connectivity index (χ1v) is 8.20. The van der Waals surface area contributed by atoms with Crippen LogP contribution < -0.4 is 20.9 Å². The molecule has 6 heteroatoms. The van der Waals surface area contributed by atoms with Gasteiger partial charge in [0.2, 0.25) is 5.91 Å². The molecule has 0 saturated carbocycles.